The monoisotopic (exact) mass is 282 g/mol. The van der Waals surface area contributed by atoms with Gasteiger partial charge in [0.1, 0.15) is 11.5 Å². The van der Waals surface area contributed by atoms with Crippen LogP contribution in [0.15, 0.2) is 36.4 Å². The molecule has 21 heavy (non-hydrogen) atoms. The van der Waals surface area contributed by atoms with Crippen molar-refractivity contribution in [3.05, 3.63) is 58.7 Å². The molecule has 0 saturated carbocycles. The van der Waals surface area contributed by atoms with Crippen LogP contribution in [0.25, 0.3) is 0 Å². The molecule has 0 N–H and O–H groups in total. The second kappa shape index (κ2) is 7.31. The molecule has 0 radical (unpaired) electrons. The van der Waals surface area contributed by atoms with Gasteiger partial charge in [-0.05, 0) is 60.1 Å². The van der Waals surface area contributed by atoms with E-state index in [1.165, 1.54) is 22.3 Å². The van der Waals surface area contributed by atoms with Crippen LogP contribution in [0.1, 0.15) is 49.9 Å². The van der Waals surface area contributed by atoms with Crippen molar-refractivity contribution in [1.29, 1.82) is 0 Å². The van der Waals surface area contributed by atoms with Crippen molar-refractivity contribution in [3.63, 3.8) is 0 Å². The molecule has 0 aliphatic heterocycles. The summed E-state index contributed by atoms with van der Waals surface area (Å²) >= 11 is 0. The van der Waals surface area contributed by atoms with Crippen LogP contribution in [0, 0.1) is 0 Å². The Morgan fingerprint density at radius 2 is 1.05 bits per heavy atom. The average molecular weight is 282 g/mol. The van der Waals surface area contributed by atoms with Gasteiger partial charge >= 0.3 is 0 Å². The van der Waals surface area contributed by atoms with Crippen molar-refractivity contribution >= 4 is 0 Å². The minimum absolute atomic E-state index is 0.994. The Labute approximate surface area is 129 Å². The van der Waals surface area contributed by atoms with E-state index in [0.29, 0.717) is 0 Å². The van der Waals surface area contributed by atoms with E-state index in [0.717, 1.165) is 37.2 Å². The molecule has 1 nitrogen and oxygen atoms in total. The molecule has 1 heteroatoms. The summed E-state index contributed by atoms with van der Waals surface area (Å²) < 4.78 is 6.31. The van der Waals surface area contributed by atoms with Crippen molar-refractivity contribution in [3.8, 4) is 11.5 Å². The smallest absolute Gasteiger partial charge is 0.130 e. The summed E-state index contributed by atoms with van der Waals surface area (Å²) in [6, 6.07) is 13.2. The van der Waals surface area contributed by atoms with Crippen molar-refractivity contribution in [1.82, 2.24) is 0 Å². The standard InChI is InChI=1S/C20H26O/c1-5-15-9-11-17(7-3)19(13-15)21-20-14-16(6-2)10-12-18(20)8-4/h9-14H,5-8H2,1-4H3. The van der Waals surface area contributed by atoms with Crippen molar-refractivity contribution < 1.29 is 4.74 Å². The third kappa shape index (κ3) is 3.66. The Morgan fingerprint density at radius 1 is 0.619 bits per heavy atom. The number of ether oxygens (including phenoxy) is 1. The largest absolute Gasteiger partial charge is 0.457 e. The van der Waals surface area contributed by atoms with Crippen LogP contribution in [0.4, 0.5) is 0 Å². The van der Waals surface area contributed by atoms with Gasteiger partial charge in [0.15, 0.2) is 0 Å². The lowest BCUT2D eigenvalue weighted by molar-refractivity contribution is 0.470. The Bertz CT molecular complexity index is 545. The first-order chi connectivity index (χ1) is 10.2. The lowest BCUT2D eigenvalue weighted by Gasteiger charge is -2.15. The summed E-state index contributed by atoms with van der Waals surface area (Å²) in [7, 11) is 0. The van der Waals surface area contributed by atoms with E-state index in [2.05, 4.69) is 64.1 Å². The van der Waals surface area contributed by atoms with Crippen molar-refractivity contribution in [2.45, 2.75) is 53.4 Å². The van der Waals surface area contributed by atoms with E-state index in [4.69, 9.17) is 4.74 Å². The SMILES string of the molecule is CCc1ccc(CC)c(Oc2cc(CC)ccc2CC)c1. The third-order valence-electron chi connectivity index (χ3n) is 4.06. The lowest BCUT2D eigenvalue weighted by Crippen LogP contribution is -1.96. The number of benzene rings is 2. The Kier molecular flexibility index (Phi) is 5.44. The van der Waals surface area contributed by atoms with Crippen LogP contribution in [0.3, 0.4) is 0 Å². The zero-order chi connectivity index (χ0) is 15.2. The molecule has 0 atom stereocenters. The molecule has 2 rings (SSSR count). The van der Waals surface area contributed by atoms with Gasteiger partial charge in [0.2, 0.25) is 0 Å². The first-order valence-electron chi connectivity index (χ1n) is 8.13. The van der Waals surface area contributed by atoms with E-state index in [-0.39, 0.29) is 0 Å². The molecule has 0 aliphatic carbocycles. The Hall–Kier alpha value is -1.76. The van der Waals surface area contributed by atoms with Crippen LogP contribution >= 0.6 is 0 Å². The molecule has 0 aromatic heterocycles. The predicted molar refractivity (Wildman–Crippen MR) is 90.5 cm³/mol. The quantitative estimate of drug-likeness (QED) is 0.657. The maximum Gasteiger partial charge on any atom is 0.130 e. The summed E-state index contributed by atoms with van der Waals surface area (Å²) in [5.41, 5.74) is 5.20. The summed E-state index contributed by atoms with van der Waals surface area (Å²) in [5, 5.41) is 0. The normalized spacial score (nSPS) is 10.7. The molecule has 112 valence electrons. The molecule has 0 amide bonds. The summed E-state index contributed by atoms with van der Waals surface area (Å²) in [4.78, 5) is 0. The first kappa shape index (κ1) is 15.6. The lowest BCUT2D eigenvalue weighted by atomic mass is 10.1. The molecule has 0 heterocycles. The van der Waals surface area contributed by atoms with Crippen molar-refractivity contribution in [2.24, 2.45) is 0 Å². The summed E-state index contributed by atoms with van der Waals surface area (Å²) in [5.74, 6) is 2.03. The molecule has 0 bridgehead atoms. The van der Waals surface area contributed by atoms with Crippen LogP contribution in [0.2, 0.25) is 0 Å². The summed E-state index contributed by atoms with van der Waals surface area (Å²) in [6.07, 6.45) is 4.06. The highest BCUT2D eigenvalue weighted by molar-refractivity contribution is 5.45. The maximum absolute atomic E-state index is 6.31. The molecular weight excluding hydrogens is 256 g/mol. The van der Waals surface area contributed by atoms with E-state index >= 15 is 0 Å². The molecule has 0 saturated heterocycles. The van der Waals surface area contributed by atoms with Gasteiger partial charge in [0, 0.05) is 0 Å². The minimum Gasteiger partial charge on any atom is -0.457 e. The van der Waals surface area contributed by atoms with Gasteiger partial charge in [0.05, 0.1) is 0 Å². The number of aryl methyl sites for hydroxylation is 4. The van der Waals surface area contributed by atoms with Crippen molar-refractivity contribution in [2.75, 3.05) is 0 Å². The Balaban J connectivity index is 2.40. The fourth-order valence-corrected chi connectivity index (χ4v) is 2.53. The zero-order valence-corrected chi connectivity index (χ0v) is 13.7. The maximum atomic E-state index is 6.31. The number of rotatable bonds is 6. The average Bonchev–Trinajstić information content (AvgIpc) is 2.54. The van der Waals surface area contributed by atoms with Crippen LogP contribution in [0.5, 0.6) is 11.5 Å². The summed E-state index contributed by atoms with van der Waals surface area (Å²) in [6.45, 7) is 8.72. The molecule has 0 fully saturated rings. The molecule has 0 spiro atoms. The highest BCUT2D eigenvalue weighted by atomic mass is 16.5. The van der Waals surface area contributed by atoms with Gasteiger partial charge in [0.25, 0.3) is 0 Å². The second-order valence-corrected chi connectivity index (χ2v) is 5.40. The minimum atomic E-state index is 0.994. The number of hydrogen-bond acceptors (Lipinski definition) is 1. The molecular formula is C20H26O. The first-order valence-corrected chi connectivity index (χ1v) is 8.13. The van der Waals surface area contributed by atoms with Gasteiger partial charge in [-0.3, -0.25) is 0 Å². The zero-order valence-electron chi connectivity index (χ0n) is 13.7. The molecule has 2 aromatic carbocycles. The number of hydrogen-bond donors (Lipinski definition) is 0. The van der Waals surface area contributed by atoms with E-state index < -0.39 is 0 Å². The van der Waals surface area contributed by atoms with E-state index in [1.807, 2.05) is 0 Å². The second-order valence-electron chi connectivity index (χ2n) is 5.40. The third-order valence-corrected chi connectivity index (χ3v) is 4.06. The van der Waals surface area contributed by atoms with Gasteiger partial charge in [-0.1, -0.05) is 52.0 Å². The topological polar surface area (TPSA) is 9.23 Å². The van der Waals surface area contributed by atoms with E-state index in [9.17, 15) is 0 Å². The van der Waals surface area contributed by atoms with Crippen LogP contribution < -0.4 is 4.74 Å². The van der Waals surface area contributed by atoms with Crippen LogP contribution in [-0.2, 0) is 25.7 Å². The molecule has 0 unspecified atom stereocenters. The highest BCUT2D eigenvalue weighted by Gasteiger charge is 2.09. The van der Waals surface area contributed by atoms with Gasteiger partial charge in [-0.2, -0.15) is 0 Å². The highest BCUT2D eigenvalue weighted by Crippen LogP contribution is 2.31. The van der Waals surface area contributed by atoms with Gasteiger partial charge < -0.3 is 4.74 Å². The van der Waals surface area contributed by atoms with Gasteiger partial charge in [-0.25, -0.2) is 0 Å². The fourth-order valence-electron chi connectivity index (χ4n) is 2.53. The predicted octanol–water partition coefficient (Wildman–Crippen LogP) is 5.73. The molecule has 0 aliphatic rings. The fraction of sp³-hybridized carbons (Fsp3) is 0.400. The van der Waals surface area contributed by atoms with Gasteiger partial charge in [-0.15, -0.1) is 0 Å². The Morgan fingerprint density at radius 3 is 1.38 bits per heavy atom. The van der Waals surface area contributed by atoms with Crippen LogP contribution in [-0.4, -0.2) is 0 Å². The van der Waals surface area contributed by atoms with E-state index in [1.54, 1.807) is 0 Å². The molecule has 2 aromatic rings.